The van der Waals surface area contributed by atoms with Crippen LogP contribution in [0.5, 0.6) is 11.5 Å². The van der Waals surface area contributed by atoms with E-state index < -0.39 is 5.97 Å². The van der Waals surface area contributed by atoms with E-state index in [1.54, 1.807) is 20.1 Å². The van der Waals surface area contributed by atoms with Crippen molar-refractivity contribution in [3.05, 3.63) is 47.0 Å². The van der Waals surface area contributed by atoms with Crippen LogP contribution in [0.3, 0.4) is 0 Å². The van der Waals surface area contributed by atoms with E-state index >= 15 is 0 Å². The Morgan fingerprint density at radius 2 is 1.71 bits per heavy atom. The Morgan fingerprint density at radius 3 is 2.26 bits per heavy atom. The van der Waals surface area contributed by atoms with Crippen molar-refractivity contribution in [3.63, 3.8) is 0 Å². The van der Waals surface area contributed by atoms with Crippen LogP contribution in [0.1, 0.15) is 28.4 Å². The molecule has 0 bridgehead atoms. The van der Waals surface area contributed by atoms with Gasteiger partial charge in [-0.3, -0.25) is 0 Å². The average Bonchev–Trinajstić information content (AvgIpc) is 3.10. The number of nitrogens with zero attached hydrogens (tertiary/aromatic N) is 2. The second-order valence-corrected chi connectivity index (χ2v) is 7.97. The van der Waals surface area contributed by atoms with Crippen molar-refractivity contribution in [2.45, 2.75) is 20.0 Å². The number of furan rings is 1. The van der Waals surface area contributed by atoms with E-state index in [2.05, 4.69) is 0 Å². The number of methoxy groups -OCH3 is 1. The number of carbonyl (C=O) groups excluding carboxylic acids is 1. The molecule has 1 N–H and O–H groups in total. The minimum atomic E-state index is -0.480. The molecule has 0 amide bonds. The summed E-state index contributed by atoms with van der Waals surface area (Å²) >= 11 is 0. The van der Waals surface area contributed by atoms with Crippen LogP contribution in [0.15, 0.2) is 34.7 Å². The van der Waals surface area contributed by atoms with E-state index in [1.807, 2.05) is 62.3 Å². The van der Waals surface area contributed by atoms with Crippen molar-refractivity contribution in [3.8, 4) is 22.8 Å². The van der Waals surface area contributed by atoms with Crippen LogP contribution in [0.2, 0.25) is 0 Å². The van der Waals surface area contributed by atoms with Gasteiger partial charge in [-0.15, -0.1) is 0 Å². The second-order valence-electron chi connectivity index (χ2n) is 7.97. The predicted molar refractivity (Wildman–Crippen MR) is 121 cm³/mol. The monoisotopic (exact) mass is 426 g/mol. The summed E-state index contributed by atoms with van der Waals surface area (Å²) in [4.78, 5) is 17.0. The zero-order valence-electron chi connectivity index (χ0n) is 19.0. The molecule has 0 radical (unpaired) electrons. The van der Waals surface area contributed by atoms with Gasteiger partial charge in [-0.1, -0.05) is 0 Å². The highest BCUT2D eigenvalue weighted by Gasteiger charge is 2.28. The van der Waals surface area contributed by atoms with Crippen molar-refractivity contribution < 1.29 is 23.8 Å². The maximum atomic E-state index is 13.0. The zero-order chi connectivity index (χ0) is 22.7. The summed E-state index contributed by atoms with van der Waals surface area (Å²) in [5, 5.41) is 11.7. The number of fused-ring (bicyclic) bond motifs is 1. The Kier molecular flexibility index (Phi) is 6.87. The highest BCUT2D eigenvalue weighted by Crippen LogP contribution is 2.41. The van der Waals surface area contributed by atoms with Gasteiger partial charge in [0, 0.05) is 35.2 Å². The first kappa shape index (κ1) is 22.7. The van der Waals surface area contributed by atoms with Gasteiger partial charge in [0.25, 0.3) is 0 Å². The maximum Gasteiger partial charge on any atom is 0.342 e. The Balaban J connectivity index is 2.35. The van der Waals surface area contributed by atoms with Gasteiger partial charge >= 0.3 is 5.97 Å². The van der Waals surface area contributed by atoms with E-state index in [-0.39, 0.29) is 12.4 Å². The molecule has 0 atom stereocenters. The third-order valence-corrected chi connectivity index (χ3v) is 4.93. The zero-order valence-corrected chi connectivity index (χ0v) is 19.0. The fourth-order valence-corrected chi connectivity index (χ4v) is 3.66. The highest BCUT2D eigenvalue weighted by molar-refractivity contribution is 6.10. The Labute approximate surface area is 182 Å². The first-order valence-electron chi connectivity index (χ1n) is 10.2. The third kappa shape index (κ3) is 4.68. The number of hydrogen-bond acceptors (Lipinski definition) is 7. The predicted octanol–water partition coefficient (Wildman–Crippen LogP) is 4.11. The molecule has 31 heavy (non-hydrogen) atoms. The molecule has 0 aliphatic carbocycles. The van der Waals surface area contributed by atoms with E-state index in [4.69, 9.17) is 13.9 Å². The summed E-state index contributed by atoms with van der Waals surface area (Å²) in [6.07, 6.45) is 0. The van der Waals surface area contributed by atoms with Crippen LogP contribution in [0.25, 0.3) is 22.3 Å². The van der Waals surface area contributed by atoms with Gasteiger partial charge in [0.2, 0.25) is 0 Å². The number of aromatic hydroxyl groups is 1. The lowest BCUT2D eigenvalue weighted by molar-refractivity contribution is 0.0528. The van der Waals surface area contributed by atoms with Gasteiger partial charge in [-0.2, -0.15) is 0 Å². The van der Waals surface area contributed by atoms with E-state index in [1.165, 1.54) is 0 Å². The molecule has 0 saturated heterocycles. The number of esters is 1. The molecule has 3 aromatic rings. The first-order chi connectivity index (χ1) is 14.8. The molecule has 1 aromatic heterocycles. The lowest BCUT2D eigenvalue weighted by Crippen LogP contribution is -2.15. The van der Waals surface area contributed by atoms with Gasteiger partial charge in [0.1, 0.15) is 28.4 Å². The lowest BCUT2D eigenvalue weighted by Gasteiger charge is -2.17. The number of phenolic OH excluding ortho intramolecular Hbond substituents is 1. The Morgan fingerprint density at radius 1 is 1.06 bits per heavy atom. The molecular formula is C24H30N2O5. The molecule has 0 aliphatic rings. The summed E-state index contributed by atoms with van der Waals surface area (Å²) < 4.78 is 16.9. The minimum absolute atomic E-state index is 0.169. The summed E-state index contributed by atoms with van der Waals surface area (Å²) in [7, 11) is 9.30. The van der Waals surface area contributed by atoms with Crippen molar-refractivity contribution in [1.29, 1.82) is 0 Å². The number of benzene rings is 2. The minimum Gasteiger partial charge on any atom is -0.507 e. The topological polar surface area (TPSA) is 75.4 Å². The number of hydrogen-bond donors (Lipinski definition) is 1. The standard InChI is InChI=1S/C24H30N2O5/c1-7-30-24(28)21-20-18(14-26(4)5)22(27)16(13-25(2)3)12-19(20)31-23(21)15-8-10-17(29-6)11-9-15/h8-12,27H,7,13-14H2,1-6H3. The summed E-state index contributed by atoms with van der Waals surface area (Å²) in [5.41, 5.74) is 2.97. The normalized spacial score (nSPS) is 11.5. The molecule has 2 aromatic carbocycles. The van der Waals surface area contributed by atoms with Crippen LogP contribution in [0, 0.1) is 0 Å². The van der Waals surface area contributed by atoms with Crippen LogP contribution in [-0.2, 0) is 17.8 Å². The van der Waals surface area contributed by atoms with Crippen LogP contribution in [-0.4, -0.2) is 62.8 Å². The summed E-state index contributed by atoms with van der Waals surface area (Å²) in [6.45, 7) is 2.98. The molecule has 7 nitrogen and oxygen atoms in total. The van der Waals surface area contributed by atoms with E-state index in [0.717, 1.165) is 11.1 Å². The number of ether oxygens (including phenoxy) is 2. The van der Waals surface area contributed by atoms with E-state index in [0.29, 0.717) is 46.7 Å². The van der Waals surface area contributed by atoms with Gasteiger partial charge in [0.05, 0.1) is 13.7 Å². The Hall–Kier alpha value is -3.03. The van der Waals surface area contributed by atoms with Gasteiger partial charge in [-0.25, -0.2) is 4.79 Å². The molecule has 0 unspecified atom stereocenters. The lowest BCUT2D eigenvalue weighted by atomic mass is 9.98. The summed E-state index contributed by atoms with van der Waals surface area (Å²) in [5.74, 6) is 0.809. The maximum absolute atomic E-state index is 13.0. The average molecular weight is 427 g/mol. The van der Waals surface area contributed by atoms with Crippen molar-refractivity contribution in [2.75, 3.05) is 41.9 Å². The smallest absolute Gasteiger partial charge is 0.342 e. The summed E-state index contributed by atoms with van der Waals surface area (Å²) in [6, 6.07) is 9.11. The largest absolute Gasteiger partial charge is 0.507 e. The quantitative estimate of drug-likeness (QED) is 0.543. The fourth-order valence-electron chi connectivity index (χ4n) is 3.66. The number of rotatable bonds is 8. The number of phenols is 1. The second kappa shape index (κ2) is 9.41. The van der Waals surface area contributed by atoms with Crippen LogP contribution >= 0.6 is 0 Å². The first-order valence-corrected chi connectivity index (χ1v) is 10.2. The van der Waals surface area contributed by atoms with Crippen LogP contribution in [0.4, 0.5) is 0 Å². The molecule has 7 heteroatoms. The van der Waals surface area contributed by atoms with Crippen molar-refractivity contribution in [1.82, 2.24) is 9.80 Å². The van der Waals surface area contributed by atoms with Crippen molar-refractivity contribution >= 4 is 16.9 Å². The van der Waals surface area contributed by atoms with Gasteiger partial charge < -0.3 is 28.8 Å². The third-order valence-electron chi connectivity index (χ3n) is 4.93. The van der Waals surface area contributed by atoms with Crippen molar-refractivity contribution in [2.24, 2.45) is 0 Å². The molecule has 166 valence electrons. The molecular weight excluding hydrogens is 396 g/mol. The molecule has 0 saturated carbocycles. The molecule has 3 rings (SSSR count). The van der Waals surface area contributed by atoms with Crippen LogP contribution < -0.4 is 4.74 Å². The fraction of sp³-hybridized carbons (Fsp3) is 0.375. The molecule has 0 fully saturated rings. The number of carbonyl (C=O) groups is 1. The Bertz CT molecular complexity index is 1070. The molecule has 0 spiro atoms. The molecule has 0 aliphatic heterocycles. The van der Waals surface area contributed by atoms with Gasteiger partial charge in [-0.05, 0) is 65.4 Å². The highest BCUT2D eigenvalue weighted by atomic mass is 16.5. The SMILES string of the molecule is CCOC(=O)c1c(-c2ccc(OC)cc2)oc2cc(CN(C)C)c(O)c(CN(C)C)c12. The van der Waals surface area contributed by atoms with E-state index in [9.17, 15) is 9.90 Å². The molecule has 1 heterocycles. The van der Waals surface area contributed by atoms with Gasteiger partial charge in [0.15, 0.2) is 0 Å².